The van der Waals surface area contributed by atoms with Crippen LogP contribution in [0.2, 0.25) is 0 Å². The van der Waals surface area contributed by atoms with Crippen LogP contribution < -0.4 is 10.2 Å². The Morgan fingerprint density at radius 1 is 1.24 bits per heavy atom. The highest BCUT2D eigenvalue weighted by Crippen LogP contribution is 2.30. The molecule has 34 heavy (non-hydrogen) atoms. The molecule has 0 spiro atoms. The number of rotatable bonds is 7. The van der Waals surface area contributed by atoms with Crippen LogP contribution in [0.4, 0.5) is 22.1 Å². The third-order valence-corrected chi connectivity index (χ3v) is 7.08. The van der Waals surface area contributed by atoms with Gasteiger partial charge in [-0.1, -0.05) is 39.3 Å². The van der Waals surface area contributed by atoms with E-state index in [1.807, 2.05) is 24.1 Å². The molecule has 1 atom stereocenters. The smallest absolute Gasteiger partial charge is 0.320 e. The van der Waals surface area contributed by atoms with E-state index < -0.39 is 0 Å². The molecule has 2 aliphatic rings. The van der Waals surface area contributed by atoms with E-state index in [1.54, 1.807) is 11.1 Å². The first kappa shape index (κ1) is 23.8. The Labute approximate surface area is 204 Å². The number of aromatic nitrogens is 2. The molecule has 182 valence electrons. The number of likely N-dealkylation sites (N-methyl/N-ethyl adjacent to an activating group) is 1. The number of benzene rings is 1. The zero-order valence-corrected chi connectivity index (χ0v) is 20.7. The number of carbonyl (C=O) groups excluding carboxylic acids is 1. The van der Waals surface area contributed by atoms with Crippen LogP contribution in [-0.2, 0) is 5.41 Å². The summed E-state index contributed by atoms with van der Waals surface area (Å²) in [4.78, 5) is 27.6. The Morgan fingerprint density at radius 2 is 2.00 bits per heavy atom. The van der Waals surface area contributed by atoms with Gasteiger partial charge in [-0.25, -0.2) is 14.8 Å². The third-order valence-electron chi connectivity index (χ3n) is 7.08. The number of anilines is 3. The number of nitrogens with zero attached hydrogens (tertiary/aromatic N) is 6. The monoisotopic (exact) mass is 463 g/mol. The molecule has 2 aliphatic heterocycles. The Bertz CT molecular complexity index is 1070. The van der Waals surface area contributed by atoms with Crippen molar-refractivity contribution in [2.75, 3.05) is 43.4 Å². The molecule has 1 aromatic carbocycles. The molecule has 4 rings (SSSR count). The van der Waals surface area contributed by atoms with Crippen molar-refractivity contribution < 1.29 is 6.22 Å². The van der Waals surface area contributed by atoms with Crippen LogP contribution in [0.1, 0.15) is 59.1 Å². The maximum Gasteiger partial charge on any atom is 0.320 e. The molecule has 2 fully saturated rings. The number of hydrogen-bond donors (Lipinski definition) is 1. The molecule has 0 aliphatic carbocycles. The largest absolute Gasteiger partial charge is 0.353 e. The van der Waals surface area contributed by atoms with Gasteiger partial charge < -0.3 is 20.0 Å². The van der Waals surface area contributed by atoms with E-state index in [4.69, 9.17) is 4.98 Å². The minimum absolute atomic E-state index is 0. The number of carbonyl (C=O) groups is 1. The maximum atomic E-state index is 12.5. The summed E-state index contributed by atoms with van der Waals surface area (Å²) in [5.41, 5.74) is 2.56. The Morgan fingerprint density at radius 3 is 2.65 bits per heavy atom. The molecule has 1 aromatic heterocycles. The van der Waals surface area contributed by atoms with Gasteiger partial charge in [0.1, 0.15) is 11.9 Å². The summed E-state index contributed by atoms with van der Waals surface area (Å²) in [6.07, 6.45) is 5.91. The second-order valence-corrected chi connectivity index (χ2v) is 10.0. The summed E-state index contributed by atoms with van der Waals surface area (Å²) >= 11 is 0. The second-order valence-electron chi connectivity index (χ2n) is 10.0. The summed E-state index contributed by atoms with van der Waals surface area (Å²) in [7, 11) is 1.85. The van der Waals surface area contributed by atoms with Crippen molar-refractivity contribution in [2.24, 2.45) is 0 Å². The summed E-state index contributed by atoms with van der Waals surface area (Å²) in [6, 6.07) is 10.8. The molecule has 2 amide bonds. The topological polar surface area (TPSA) is 88.4 Å². The van der Waals surface area contributed by atoms with Crippen molar-refractivity contribution in [1.29, 1.82) is 5.26 Å². The van der Waals surface area contributed by atoms with E-state index in [2.05, 4.69) is 54.2 Å². The minimum atomic E-state index is 0. The number of hydrogen-bond acceptors (Lipinski definition) is 6. The molecule has 0 bridgehead atoms. The lowest BCUT2D eigenvalue weighted by Gasteiger charge is -2.37. The van der Waals surface area contributed by atoms with Gasteiger partial charge in [-0.15, -0.1) is 0 Å². The van der Waals surface area contributed by atoms with Crippen molar-refractivity contribution >= 4 is 23.4 Å². The lowest BCUT2D eigenvalue weighted by molar-refractivity contribution is 0.175. The quantitative estimate of drug-likeness (QED) is 0.637. The van der Waals surface area contributed by atoms with E-state index in [-0.39, 0.29) is 24.6 Å². The average Bonchev–Trinajstić information content (AvgIpc) is 3.17. The van der Waals surface area contributed by atoms with Crippen LogP contribution in [0.25, 0.3) is 0 Å². The van der Waals surface area contributed by atoms with E-state index >= 15 is 0 Å². The molecule has 8 heteroatoms. The summed E-state index contributed by atoms with van der Waals surface area (Å²) in [6.45, 7) is 9.86. The predicted molar refractivity (Wildman–Crippen MR) is 136 cm³/mol. The Balaban J connectivity index is 0.00000342. The highest BCUT2D eigenvalue weighted by atomic mass is 16.2. The van der Waals surface area contributed by atoms with E-state index in [9.17, 15) is 10.1 Å². The van der Waals surface area contributed by atoms with Crippen LogP contribution in [0.5, 0.6) is 0 Å². The van der Waals surface area contributed by atoms with Gasteiger partial charge >= 0.3 is 6.03 Å². The highest BCUT2D eigenvalue weighted by molar-refractivity contribution is 5.76. The maximum absolute atomic E-state index is 12.5. The third kappa shape index (κ3) is 4.93. The van der Waals surface area contributed by atoms with Gasteiger partial charge in [0.25, 0.3) is 0 Å². The Kier molecular flexibility index (Phi) is 6.92. The molecule has 0 radical (unpaired) electrons. The first-order chi connectivity index (χ1) is 16.3. The van der Waals surface area contributed by atoms with Crippen molar-refractivity contribution in [3.05, 3.63) is 41.7 Å². The van der Waals surface area contributed by atoms with Gasteiger partial charge in [0, 0.05) is 40.3 Å². The summed E-state index contributed by atoms with van der Waals surface area (Å²) in [5, 5.41) is 12.9. The van der Waals surface area contributed by atoms with Crippen LogP contribution in [0, 0.1) is 11.3 Å². The first-order valence-corrected chi connectivity index (χ1v) is 12.2. The molecule has 3 heterocycles. The fourth-order valence-corrected chi connectivity index (χ4v) is 5.04. The molecular formula is C26H37N7O. The average molecular weight is 464 g/mol. The lowest BCUT2D eigenvalue weighted by atomic mass is 9.81. The molecule has 2 saturated heterocycles. The van der Waals surface area contributed by atoms with Gasteiger partial charge in [0.05, 0.1) is 12.2 Å². The van der Waals surface area contributed by atoms with Gasteiger partial charge in [-0.05, 0) is 42.4 Å². The Hall–Kier alpha value is -3.34. The van der Waals surface area contributed by atoms with Crippen LogP contribution >= 0.6 is 0 Å². The molecular weight excluding hydrogens is 426 g/mol. The zero-order valence-electron chi connectivity index (χ0n) is 20.7. The zero-order chi connectivity index (χ0) is 24.3. The fraction of sp³-hybridized carbons (Fsp3) is 0.538. The molecule has 1 N–H and O–H groups in total. The molecule has 0 unspecified atom stereocenters. The second kappa shape index (κ2) is 9.88. The number of nitriles is 1. The molecule has 0 saturated carbocycles. The van der Waals surface area contributed by atoms with E-state index in [0.717, 1.165) is 63.4 Å². The SMILES string of the molecule is CCCC(C)(C)c1ccc(Nc2nc(N3CCC[C@@H](N4CCN(C)C4=O)C3)cnc2C#N)cc1.[HH]. The first-order valence-electron chi connectivity index (χ1n) is 12.2. The normalized spacial score (nSPS) is 18.9. The van der Waals surface area contributed by atoms with E-state index in [0.29, 0.717) is 5.82 Å². The van der Waals surface area contributed by atoms with Crippen molar-refractivity contribution in [2.45, 2.75) is 57.9 Å². The standard InChI is InChI=1S/C26H35N7O.H2/c1-5-12-26(2,3)19-8-10-20(11-9-19)29-24-22(16-27)28-17-23(30-24)32-13-6-7-21(18-32)33-15-14-31(4)25(33)34;/h8-11,17,21H,5-7,12-15,18H2,1-4H3,(H,29,30);1H/t21-;/m1./s1. The van der Waals surface area contributed by atoms with Crippen LogP contribution in [0.3, 0.4) is 0 Å². The van der Waals surface area contributed by atoms with Gasteiger partial charge in [-0.3, -0.25) is 0 Å². The van der Waals surface area contributed by atoms with E-state index in [1.165, 1.54) is 5.56 Å². The van der Waals surface area contributed by atoms with Crippen LogP contribution in [-0.4, -0.2) is 65.1 Å². The van der Waals surface area contributed by atoms with Crippen molar-refractivity contribution in [3.8, 4) is 6.07 Å². The molecule has 2 aromatic rings. The lowest BCUT2D eigenvalue weighted by Crippen LogP contribution is -2.49. The predicted octanol–water partition coefficient (Wildman–Crippen LogP) is 4.75. The summed E-state index contributed by atoms with van der Waals surface area (Å²) in [5.74, 6) is 1.19. The number of piperidine rings is 1. The number of nitrogens with one attached hydrogen (secondary N) is 1. The van der Waals surface area contributed by atoms with Crippen molar-refractivity contribution in [1.82, 2.24) is 19.8 Å². The number of urea groups is 1. The van der Waals surface area contributed by atoms with Crippen molar-refractivity contribution in [3.63, 3.8) is 0 Å². The fourth-order valence-electron chi connectivity index (χ4n) is 5.04. The van der Waals surface area contributed by atoms with Gasteiger partial charge in [0.2, 0.25) is 0 Å². The minimum Gasteiger partial charge on any atom is -0.353 e. The van der Waals surface area contributed by atoms with Gasteiger partial charge in [-0.2, -0.15) is 5.26 Å². The number of amides is 2. The summed E-state index contributed by atoms with van der Waals surface area (Å²) < 4.78 is 0. The molecule has 8 nitrogen and oxygen atoms in total. The van der Waals surface area contributed by atoms with Crippen LogP contribution in [0.15, 0.2) is 30.5 Å². The van der Waals surface area contributed by atoms with Gasteiger partial charge in [0.15, 0.2) is 11.5 Å². The highest BCUT2D eigenvalue weighted by Gasteiger charge is 2.34.